The molecule has 0 saturated heterocycles. The first-order valence-corrected chi connectivity index (χ1v) is 16.3. The van der Waals surface area contributed by atoms with Gasteiger partial charge in [0.2, 0.25) is 11.8 Å². The number of urea groups is 1. The third kappa shape index (κ3) is 8.26. The van der Waals surface area contributed by atoms with Crippen molar-refractivity contribution in [1.82, 2.24) is 24.9 Å². The number of rotatable bonds is 10. The second-order valence-electron chi connectivity index (χ2n) is 10.5. The molecular formula is C36H32N8O7S. The number of amides is 2. The van der Waals surface area contributed by atoms with Crippen molar-refractivity contribution in [2.75, 3.05) is 44.8 Å². The predicted octanol–water partition coefficient (Wildman–Crippen LogP) is 7.56. The lowest BCUT2D eigenvalue weighted by atomic mass is 10.2. The van der Waals surface area contributed by atoms with E-state index in [0.29, 0.717) is 79.2 Å². The Labute approximate surface area is 301 Å². The van der Waals surface area contributed by atoms with Crippen LogP contribution in [0.2, 0.25) is 0 Å². The molecule has 0 radical (unpaired) electrons. The summed E-state index contributed by atoms with van der Waals surface area (Å²) in [7, 11) is 6.28. The molecule has 52 heavy (non-hydrogen) atoms. The molecule has 264 valence electrons. The van der Waals surface area contributed by atoms with Crippen LogP contribution in [-0.4, -0.2) is 59.4 Å². The van der Waals surface area contributed by atoms with Crippen molar-refractivity contribution in [2.24, 2.45) is 0 Å². The lowest BCUT2D eigenvalue weighted by Crippen LogP contribution is -2.19. The molecule has 3 heterocycles. The minimum atomic E-state index is -0.374. The Morgan fingerprint density at radius 2 is 1.10 bits per heavy atom. The van der Waals surface area contributed by atoms with Gasteiger partial charge in [-0.3, -0.25) is 5.32 Å². The van der Waals surface area contributed by atoms with Crippen molar-refractivity contribution in [3.8, 4) is 46.3 Å². The second-order valence-corrected chi connectivity index (χ2v) is 11.4. The molecule has 0 bridgehead atoms. The number of ether oxygens (including phenoxy) is 6. The number of nitrogens with one attached hydrogen (secondary N) is 2. The number of nitrogens with zero attached hydrogens (tertiary/aromatic N) is 5. The van der Waals surface area contributed by atoms with Gasteiger partial charge in [0, 0.05) is 35.1 Å². The Bertz CT molecular complexity index is 2290. The number of methoxy groups -OCH3 is 4. The standard InChI is InChI=1S/C20H17N5O4S.C16H15N3O3/c1-27-16-9-14-15(10-17(16)28-2)22-11-23-18(14)29-13-5-3-12(4-6-13)24-19(26)25-20-21-7-8-30-20;1-20-14-7-12-13(8-15(14)21-2)18-9-19-16(12)22-11-5-3-10(17)4-6-11/h3-11H,1-2H3,(H2,21,24,25,26);3-9H,17H2,1-2H3. The maximum atomic E-state index is 12.0. The highest BCUT2D eigenvalue weighted by molar-refractivity contribution is 7.13. The second kappa shape index (κ2) is 16.2. The topological polar surface area (TPSA) is 187 Å². The van der Waals surface area contributed by atoms with Gasteiger partial charge in [0.05, 0.1) is 50.2 Å². The minimum Gasteiger partial charge on any atom is -0.493 e. The summed E-state index contributed by atoms with van der Waals surface area (Å²) in [6, 6.07) is 20.7. The predicted molar refractivity (Wildman–Crippen MR) is 197 cm³/mol. The Morgan fingerprint density at radius 3 is 1.56 bits per heavy atom. The molecule has 0 saturated carbocycles. The highest BCUT2D eigenvalue weighted by Gasteiger charge is 2.14. The fourth-order valence-electron chi connectivity index (χ4n) is 4.79. The van der Waals surface area contributed by atoms with E-state index in [1.165, 1.54) is 24.0 Å². The van der Waals surface area contributed by atoms with Crippen LogP contribution in [0.1, 0.15) is 0 Å². The molecule has 2 amide bonds. The number of hydrogen-bond acceptors (Lipinski definition) is 14. The summed E-state index contributed by atoms with van der Waals surface area (Å²) in [4.78, 5) is 32.9. The summed E-state index contributed by atoms with van der Waals surface area (Å²) in [5.41, 5.74) is 8.32. The maximum absolute atomic E-state index is 12.0. The number of carbonyl (C=O) groups is 1. The first kappa shape index (κ1) is 34.9. The Morgan fingerprint density at radius 1 is 0.615 bits per heavy atom. The Hall–Kier alpha value is -6.94. The molecule has 7 aromatic rings. The van der Waals surface area contributed by atoms with Crippen molar-refractivity contribution in [3.05, 3.63) is 97.0 Å². The monoisotopic (exact) mass is 720 g/mol. The third-order valence-electron chi connectivity index (χ3n) is 7.28. The van der Waals surface area contributed by atoms with Crippen LogP contribution in [0.3, 0.4) is 0 Å². The van der Waals surface area contributed by atoms with Crippen molar-refractivity contribution < 1.29 is 33.2 Å². The van der Waals surface area contributed by atoms with Gasteiger partial charge in [-0.15, -0.1) is 11.3 Å². The first-order chi connectivity index (χ1) is 25.4. The molecule has 0 unspecified atom stereocenters. The molecule has 16 heteroatoms. The molecule has 0 spiro atoms. The van der Waals surface area contributed by atoms with Crippen LogP contribution in [0.15, 0.2) is 97.0 Å². The number of nitrogen functional groups attached to an aromatic ring is 1. The van der Waals surface area contributed by atoms with E-state index in [-0.39, 0.29) is 6.03 Å². The van der Waals surface area contributed by atoms with Gasteiger partial charge in [-0.25, -0.2) is 29.7 Å². The van der Waals surface area contributed by atoms with Crippen molar-refractivity contribution in [3.63, 3.8) is 0 Å². The van der Waals surface area contributed by atoms with Gasteiger partial charge >= 0.3 is 6.03 Å². The highest BCUT2D eigenvalue weighted by atomic mass is 32.1. The zero-order valence-electron chi connectivity index (χ0n) is 28.3. The first-order valence-electron chi connectivity index (χ1n) is 15.4. The molecule has 7 rings (SSSR count). The van der Waals surface area contributed by atoms with E-state index in [0.717, 1.165) is 5.39 Å². The average molecular weight is 721 g/mol. The number of thiazole rings is 1. The molecular weight excluding hydrogens is 689 g/mol. The van der Waals surface area contributed by atoms with Crippen LogP contribution < -0.4 is 44.8 Å². The molecule has 4 aromatic carbocycles. The SMILES string of the molecule is COc1cc2ncnc(Oc3ccc(N)cc3)c2cc1OC.COc1cc2ncnc(Oc3ccc(NC(=O)Nc4nccs4)cc3)c2cc1OC. The van der Waals surface area contributed by atoms with E-state index in [1.807, 2.05) is 0 Å². The van der Waals surface area contributed by atoms with E-state index >= 15 is 0 Å². The van der Waals surface area contributed by atoms with Crippen molar-refractivity contribution in [2.45, 2.75) is 0 Å². The van der Waals surface area contributed by atoms with Crippen molar-refractivity contribution >= 4 is 55.7 Å². The van der Waals surface area contributed by atoms with Gasteiger partial charge in [-0.1, -0.05) is 0 Å². The van der Waals surface area contributed by atoms with Crippen LogP contribution in [0, 0.1) is 0 Å². The normalized spacial score (nSPS) is 10.5. The van der Waals surface area contributed by atoms with E-state index < -0.39 is 0 Å². The molecule has 15 nitrogen and oxygen atoms in total. The fraction of sp³-hybridized carbons (Fsp3) is 0.111. The van der Waals surface area contributed by atoms with E-state index in [4.69, 9.17) is 34.2 Å². The van der Waals surface area contributed by atoms with Gasteiger partial charge in [0.1, 0.15) is 24.2 Å². The zero-order valence-corrected chi connectivity index (χ0v) is 29.1. The maximum Gasteiger partial charge on any atom is 0.325 e. The summed E-state index contributed by atoms with van der Waals surface area (Å²) >= 11 is 1.34. The van der Waals surface area contributed by atoms with Gasteiger partial charge in [0.15, 0.2) is 28.1 Å². The zero-order chi connectivity index (χ0) is 36.5. The number of hydrogen-bond donors (Lipinski definition) is 3. The summed E-state index contributed by atoms with van der Waals surface area (Å²) in [6.07, 6.45) is 4.48. The van der Waals surface area contributed by atoms with Crippen LogP contribution in [0.25, 0.3) is 21.8 Å². The van der Waals surface area contributed by atoms with Gasteiger partial charge in [-0.05, 0) is 60.7 Å². The van der Waals surface area contributed by atoms with Gasteiger partial charge in [0.25, 0.3) is 0 Å². The van der Waals surface area contributed by atoms with Crippen molar-refractivity contribution in [1.29, 1.82) is 0 Å². The molecule has 0 aliphatic carbocycles. The number of aromatic nitrogens is 5. The quantitative estimate of drug-likeness (QED) is 0.118. The number of benzene rings is 4. The number of nitrogens with two attached hydrogens (primary N) is 1. The Kier molecular flexibility index (Phi) is 10.9. The van der Waals surface area contributed by atoms with Gasteiger partial charge < -0.3 is 39.5 Å². The molecule has 0 aliphatic heterocycles. The average Bonchev–Trinajstić information content (AvgIpc) is 3.68. The number of anilines is 3. The summed E-state index contributed by atoms with van der Waals surface area (Å²) in [5, 5.41) is 9.11. The molecule has 0 aliphatic rings. The fourth-order valence-corrected chi connectivity index (χ4v) is 5.32. The van der Waals surface area contributed by atoms with E-state index in [1.54, 1.807) is 113 Å². The van der Waals surface area contributed by atoms with Crippen LogP contribution >= 0.6 is 11.3 Å². The largest absolute Gasteiger partial charge is 0.493 e. The van der Waals surface area contributed by atoms with Gasteiger partial charge in [-0.2, -0.15) is 0 Å². The van der Waals surface area contributed by atoms with Crippen LogP contribution in [-0.2, 0) is 0 Å². The highest BCUT2D eigenvalue weighted by Crippen LogP contribution is 2.37. The summed E-state index contributed by atoms with van der Waals surface area (Å²) < 4.78 is 33.0. The summed E-state index contributed by atoms with van der Waals surface area (Å²) in [6.45, 7) is 0. The minimum absolute atomic E-state index is 0.374. The third-order valence-corrected chi connectivity index (χ3v) is 7.97. The molecule has 0 fully saturated rings. The number of fused-ring (bicyclic) bond motifs is 2. The lowest BCUT2D eigenvalue weighted by molar-refractivity contribution is 0.262. The molecule has 3 aromatic heterocycles. The molecule has 4 N–H and O–H groups in total. The lowest BCUT2D eigenvalue weighted by Gasteiger charge is -2.12. The Balaban J connectivity index is 0.000000187. The molecule has 0 atom stereocenters. The van der Waals surface area contributed by atoms with Crippen LogP contribution in [0.4, 0.5) is 21.3 Å². The van der Waals surface area contributed by atoms with Crippen LogP contribution in [0.5, 0.6) is 46.3 Å². The summed E-state index contributed by atoms with van der Waals surface area (Å²) in [5.74, 6) is 4.33. The van der Waals surface area contributed by atoms with E-state index in [9.17, 15) is 4.79 Å². The van der Waals surface area contributed by atoms with E-state index in [2.05, 4.69) is 35.6 Å². The number of carbonyl (C=O) groups excluding carboxylic acids is 1. The smallest absolute Gasteiger partial charge is 0.325 e.